The SMILES string of the molecule is CCc1ccccc1OCC(=O)Nc1ccc2oc(=O)[nH]c2c1. The number of hydrogen-bond acceptors (Lipinski definition) is 4. The van der Waals surface area contributed by atoms with Crippen molar-refractivity contribution < 1.29 is 13.9 Å². The fraction of sp³-hybridized carbons (Fsp3) is 0.176. The van der Waals surface area contributed by atoms with Gasteiger partial charge < -0.3 is 14.5 Å². The maximum Gasteiger partial charge on any atom is 0.417 e. The molecule has 0 fully saturated rings. The first-order chi connectivity index (χ1) is 11.2. The second kappa shape index (κ2) is 6.39. The molecule has 0 aliphatic rings. The van der Waals surface area contributed by atoms with E-state index in [9.17, 15) is 9.59 Å². The first kappa shape index (κ1) is 14.9. The lowest BCUT2D eigenvalue weighted by Gasteiger charge is -2.10. The van der Waals surface area contributed by atoms with E-state index < -0.39 is 5.76 Å². The van der Waals surface area contributed by atoms with Gasteiger partial charge in [-0.25, -0.2) is 4.79 Å². The van der Waals surface area contributed by atoms with Gasteiger partial charge in [0.25, 0.3) is 5.91 Å². The van der Waals surface area contributed by atoms with Gasteiger partial charge in [0.1, 0.15) is 5.75 Å². The molecule has 6 nitrogen and oxygen atoms in total. The van der Waals surface area contributed by atoms with Crippen molar-refractivity contribution in [3.63, 3.8) is 0 Å². The van der Waals surface area contributed by atoms with Gasteiger partial charge >= 0.3 is 5.76 Å². The lowest BCUT2D eigenvalue weighted by atomic mass is 10.1. The topological polar surface area (TPSA) is 84.3 Å². The number of hydrogen-bond donors (Lipinski definition) is 2. The third kappa shape index (κ3) is 3.42. The van der Waals surface area contributed by atoms with Gasteiger partial charge in [-0.1, -0.05) is 25.1 Å². The van der Waals surface area contributed by atoms with E-state index in [-0.39, 0.29) is 12.5 Å². The summed E-state index contributed by atoms with van der Waals surface area (Å²) in [7, 11) is 0. The number of nitrogens with one attached hydrogen (secondary N) is 2. The van der Waals surface area contributed by atoms with Crippen molar-refractivity contribution in [1.82, 2.24) is 4.98 Å². The van der Waals surface area contributed by atoms with Crippen molar-refractivity contribution in [2.75, 3.05) is 11.9 Å². The number of H-pyrrole nitrogens is 1. The van der Waals surface area contributed by atoms with Gasteiger partial charge in [0.15, 0.2) is 12.2 Å². The van der Waals surface area contributed by atoms with Crippen LogP contribution in [-0.4, -0.2) is 17.5 Å². The molecule has 6 heteroatoms. The smallest absolute Gasteiger partial charge is 0.417 e. The molecule has 1 aromatic heterocycles. The average Bonchev–Trinajstić information content (AvgIpc) is 2.92. The van der Waals surface area contributed by atoms with E-state index in [4.69, 9.17) is 9.15 Å². The normalized spacial score (nSPS) is 10.7. The second-order valence-corrected chi connectivity index (χ2v) is 5.02. The first-order valence-electron chi connectivity index (χ1n) is 7.29. The number of carbonyl (C=O) groups is 1. The van der Waals surface area contributed by atoms with Crippen LogP contribution in [0.3, 0.4) is 0 Å². The molecule has 2 N–H and O–H groups in total. The summed E-state index contributed by atoms with van der Waals surface area (Å²) in [6, 6.07) is 12.5. The Hall–Kier alpha value is -3.02. The summed E-state index contributed by atoms with van der Waals surface area (Å²) in [5.41, 5.74) is 2.59. The van der Waals surface area contributed by atoms with Gasteiger partial charge in [0, 0.05) is 5.69 Å². The molecular weight excluding hydrogens is 296 g/mol. The molecule has 1 heterocycles. The summed E-state index contributed by atoms with van der Waals surface area (Å²) >= 11 is 0. The molecule has 23 heavy (non-hydrogen) atoms. The Kier molecular flexibility index (Phi) is 4.14. The Bertz CT molecular complexity index is 895. The van der Waals surface area contributed by atoms with Crippen molar-refractivity contribution in [2.24, 2.45) is 0 Å². The molecule has 0 bridgehead atoms. The van der Waals surface area contributed by atoms with Crippen LogP contribution in [0.4, 0.5) is 5.69 Å². The monoisotopic (exact) mass is 312 g/mol. The summed E-state index contributed by atoms with van der Waals surface area (Å²) in [5.74, 6) is -0.0937. The summed E-state index contributed by atoms with van der Waals surface area (Å²) in [4.78, 5) is 25.6. The minimum absolute atomic E-state index is 0.0864. The van der Waals surface area contributed by atoms with Crippen molar-refractivity contribution >= 4 is 22.7 Å². The van der Waals surface area contributed by atoms with Crippen LogP contribution in [-0.2, 0) is 11.2 Å². The Balaban J connectivity index is 1.65. The van der Waals surface area contributed by atoms with Crippen LogP contribution in [0, 0.1) is 0 Å². The number of benzene rings is 2. The number of fused-ring (bicyclic) bond motifs is 1. The highest BCUT2D eigenvalue weighted by Gasteiger charge is 2.08. The lowest BCUT2D eigenvalue weighted by molar-refractivity contribution is -0.118. The minimum Gasteiger partial charge on any atom is -0.483 e. The van der Waals surface area contributed by atoms with E-state index in [1.807, 2.05) is 31.2 Å². The van der Waals surface area contributed by atoms with Gasteiger partial charge in [-0.15, -0.1) is 0 Å². The molecule has 1 amide bonds. The van der Waals surface area contributed by atoms with Crippen LogP contribution in [0.2, 0.25) is 0 Å². The Labute approximate surface area is 132 Å². The van der Waals surface area contributed by atoms with Crippen molar-refractivity contribution in [3.8, 4) is 5.75 Å². The predicted molar refractivity (Wildman–Crippen MR) is 86.8 cm³/mol. The number of aromatic nitrogens is 1. The number of para-hydroxylation sites is 1. The first-order valence-corrected chi connectivity index (χ1v) is 7.29. The second-order valence-electron chi connectivity index (χ2n) is 5.02. The molecular formula is C17H16N2O4. The largest absolute Gasteiger partial charge is 0.483 e. The molecule has 0 unspecified atom stereocenters. The van der Waals surface area contributed by atoms with Crippen LogP contribution in [0.15, 0.2) is 51.7 Å². The Morgan fingerprint density at radius 1 is 1.26 bits per heavy atom. The Morgan fingerprint density at radius 3 is 2.91 bits per heavy atom. The minimum atomic E-state index is -0.525. The molecule has 0 saturated heterocycles. The van der Waals surface area contributed by atoms with E-state index in [1.54, 1.807) is 18.2 Å². The van der Waals surface area contributed by atoms with Crippen molar-refractivity contribution in [3.05, 3.63) is 58.6 Å². The molecule has 0 aliphatic heterocycles. The predicted octanol–water partition coefficient (Wildman–Crippen LogP) is 2.70. The summed E-state index contributed by atoms with van der Waals surface area (Å²) < 4.78 is 10.5. The fourth-order valence-corrected chi connectivity index (χ4v) is 2.31. The number of amides is 1. The van der Waals surface area contributed by atoms with Crippen LogP contribution in [0.25, 0.3) is 11.1 Å². The van der Waals surface area contributed by atoms with Crippen LogP contribution in [0.5, 0.6) is 5.75 Å². The molecule has 0 spiro atoms. The van der Waals surface area contributed by atoms with Gasteiger partial charge in [-0.3, -0.25) is 9.78 Å². The van der Waals surface area contributed by atoms with Gasteiger partial charge in [-0.2, -0.15) is 0 Å². The lowest BCUT2D eigenvalue weighted by Crippen LogP contribution is -2.20. The molecule has 3 rings (SSSR count). The zero-order valence-corrected chi connectivity index (χ0v) is 12.6. The maximum atomic E-state index is 12.0. The average molecular weight is 312 g/mol. The van der Waals surface area contributed by atoms with E-state index in [2.05, 4.69) is 10.3 Å². The zero-order chi connectivity index (χ0) is 16.2. The van der Waals surface area contributed by atoms with E-state index in [1.165, 1.54) is 0 Å². The summed E-state index contributed by atoms with van der Waals surface area (Å²) in [6.07, 6.45) is 0.836. The summed E-state index contributed by atoms with van der Waals surface area (Å²) in [6.45, 7) is 1.94. The van der Waals surface area contributed by atoms with Gasteiger partial charge in [0.2, 0.25) is 0 Å². The van der Waals surface area contributed by atoms with E-state index in [0.717, 1.165) is 12.0 Å². The molecule has 3 aromatic rings. The maximum absolute atomic E-state index is 12.0. The highest BCUT2D eigenvalue weighted by molar-refractivity contribution is 5.93. The number of rotatable bonds is 5. The van der Waals surface area contributed by atoms with Crippen LogP contribution >= 0.6 is 0 Å². The number of ether oxygens (including phenoxy) is 1. The quantitative estimate of drug-likeness (QED) is 0.758. The molecule has 0 atom stereocenters. The fourth-order valence-electron chi connectivity index (χ4n) is 2.31. The van der Waals surface area contributed by atoms with Gasteiger partial charge in [-0.05, 0) is 36.2 Å². The summed E-state index contributed by atoms with van der Waals surface area (Å²) in [5, 5.41) is 2.72. The van der Waals surface area contributed by atoms with E-state index >= 15 is 0 Å². The number of carbonyl (C=O) groups excluding carboxylic acids is 1. The number of aryl methyl sites for hydroxylation is 1. The van der Waals surface area contributed by atoms with Crippen LogP contribution in [0.1, 0.15) is 12.5 Å². The van der Waals surface area contributed by atoms with Crippen molar-refractivity contribution in [1.29, 1.82) is 0 Å². The molecule has 118 valence electrons. The number of anilines is 1. The third-order valence-corrected chi connectivity index (χ3v) is 3.41. The molecule has 2 aromatic carbocycles. The zero-order valence-electron chi connectivity index (χ0n) is 12.6. The van der Waals surface area contributed by atoms with Crippen molar-refractivity contribution in [2.45, 2.75) is 13.3 Å². The molecule has 0 saturated carbocycles. The van der Waals surface area contributed by atoms with Crippen LogP contribution < -0.4 is 15.8 Å². The van der Waals surface area contributed by atoms with Gasteiger partial charge in [0.05, 0.1) is 5.52 Å². The Morgan fingerprint density at radius 2 is 2.09 bits per heavy atom. The standard InChI is InChI=1S/C17H16N2O4/c1-2-11-5-3-4-6-14(11)22-10-16(20)18-12-7-8-15-13(9-12)19-17(21)23-15/h3-9H,2,10H2,1H3,(H,18,20)(H,19,21). The molecule has 0 radical (unpaired) electrons. The number of oxazole rings is 1. The highest BCUT2D eigenvalue weighted by atomic mass is 16.5. The third-order valence-electron chi connectivity index (χ3n) is 3.41. The molecule has 0 aliphatic carbocycles. The highest BCUT2D eigenvalue weighted by Crippen LogP contribution is 2.19. The number of aromatic amines is 1. The van der Waals surface area contributed by atoms with E-state index in [0.29, 0.717) is 22.5 Å².